The Balaban J connectivity index is 2.36. The van der Waals surface area contributed by atoms with E-state index < -0.39 is 11.5 Å². The van der Waals surface area contributed by atoms with Gasteiger partial charge < -0.3 is 10.3 Å². The Bertz CT molecular complexity index is 705. The minimum atomic E-state index is -0.433. The summed E-state index contributed by atoms with van der Waals surface area (Å²) in [6.45, 7) is 5.35. The number of rotatable bonds is 3. The normalized spacial score (nSPS) is 10.3. The van der Waals surface area contributed by atoms with Gasteiger partial charge in [0.05, 0.1) is 5.69 Å². The lowest BCUT2D eigenvalue weighted by Gasteiger charge is -2.10. The van der Waals surface area contributed by atoms with Crippen LogP contribution in [0, 0.1) is 13.8 Å². The van der Waals surface area contributed by atoms with Gasteiger partial charge in [0.2, 0.25) is 0 Å². The van der Waals surface area contributed by atoms with Crippen molar-refractivity contribution in [2.24, 2.45) is 0 Å². The van der Waals surface area contributed by atoms with Crippen LogP contribution >= 0.6 is 0 Å². The molecule has 0 spiro atoms. The van der Waals surface area contributed by atoms with Crippen LogP contribution in [-0.2, 0) is 6.42 Å². The molecule has 0 bridgehead atoms. The van der Waals surface area contributed by atoms with Crippen LogP contribution in [0.15, 0.2) is 29.1 Å². The molecule has 1 aromatic carbocycles. The molecule has 0 unspecified atom stereocenters. The number of H-pyrrole nitrogens is 1. The Morgan fingerprint density at radius 1 is 1.30 bits per heavy atom. The van der Waals surface area contributed by atoms with Crippen LogP contribution in [-0.4, -0.2) is 15.9 Å². The van der Waals surface area contributed by atoms with Crippen molar-refractivity contribution in [3.63, 3.8) is 0 Å². The van der Waals surface area contributed by atoms with Gasteiger partial charge in [-0.3, -0.25) is 9.59 Å². The highest BCUT2D eigenvalue weighted by Crippen LogP contribution is 2.16. The quantitative estimate of drug-likeness (QED) is 0.898. The molecule has 5 heteroatoms. The second-order valence-corrected chi connectivity index (χ2v) is 4.58. The Morgan fingerprint density at radius 2 is 2.00 bits per heavy atom. The maximum atomic E-state index is 12.3. The SMILES string of the molecule is CCc1ccccc1NC(=O)c1c(C)nc(C)[nH]c1=O. The van der Waals surface area contributed by atoms with E-state index in [1.165, 1.54) is 0 Å². The average Bonchev–Trinajstić information content (AvgIpc) is 2.38. The standard InChI is InChI=1S/C15H17N3O2/c1-4-11-7-5-6-8-12(11)18-15(20)13-9(2)16-10(3)17-14(13)19/h5-8H,4H2,1-3H3,(H,18,20)(H,16,17,19). The molecule has 0 aliphatic carbocycles. The number of aromatic amines is 1. The average molecular weight is 271 g/mol. The number of benzene rings is 1. The van der Waals surface area contributed by atoms with Crippen LogP contribution < -0.4 is 10.9 Å². The molecule has 2 N–H and O–H groups in total. The van der Waals surface area contributed by atoms with Crippen LogP contribution in [0.1, 0.15) is 34.4 Å². The van der Waals surface area contributed by atoms with Crippen molar-refractivity contribution in [1.29, 1.82) is 0 Å². The van der Waals surface area contributed by atoms with E-state index in [-0.39, 0.29) is 5.56 Å². The minimum absolute atomic E-state index is 0.0570. The topological polar surface area (TPSA) is 74.8 Å². The van der Waals surface area contributed by atoms with Crippen LogP contribution in [0.5, 0.6) is 0 Å². The van der Waals surface area contributed by atoms with Gasteiger partial charge in [0.25, 0.3) is 11.5 Å². The third-order valence-electron chi connectivity index (χ3n) is 3.09. The van der Waals surface area contributed by atoms with Crippen LogP contribution in [0.2, 0.25) is 0 Å². The fourth-order valence-electron chi connectivity index (χ4n) is 2.13. The highest BCUT2D eigenvalue weighted by Gasteiger charge is 2.16. The van der Waals surface area contributed by atoms with E-state index in [9.17, 15) is 9.59 Å². The number of nitrogens with zero attached hydrogens (tertiary/aromatic N) is 1. The monoisotopic (exact) mass is 271 g/mol. The zero-order valence-corrected chi connectivity index (χ0v) is 11.8. The molecule has 1 heterocycles. The molecule has 0 aliphatic rings. The van der Waals surface area contributed by atoms with Crippen molar-refractivity contribution in [2.45, 2.75) is 27.2 Å². The number of aryl methyl sites for hydroxylation is 3. The summed E-state index contributed by atoms with van der Waals surface area (Å²) in [7, 11) is 0. The summed E-state index contributed by atoms with van der Waals surface area (Å²) in [5, 5.41) is 2.78. The van der Waals surface area contributed by atoms with Crippen molar-refractivity contribution in [3.05, 3.63) is 57.3 Å². The van der Waals surface area contributed by atoms with E-state index in [0.717, 1.165) is 17.7 Å². The van der Waals surface area contributed by atoms with Crippen LogP contribution in [0.25, 0.3) is 0 Å². The van der Waals surface area contributed by atoms with Gasteiger partial charge in [-0.05, 0) is 31.9 Å². The van der Waals surface area contributed by atoms with E-state index >= 15 is 0 Å². The van der Waals surface area contributed by atoms with Gasteiger partial charge in [-0.25, -0.2) is 4.98 Å². The molecule has 0 atom stereocenters. The first-order valence-electron chi connectivity index (χ1n) is 6.49. The van der Waals surface area contributed by atoms with Gasteiger partial charge in [0.15, 0.2) is 0 Å². The summed E-state index contributed by atoms with van der Waals surface area (Å²) in [6.07, 6.45) is 0.804. The molecule has 2 aromatic rings. The molecule has 0 saturated heterocycles. The first-order chi connectivity index (χ1) is 9.52. The first-order valence-corrected chi connectivity index (χ1v) is 6.49. The largest absolute Gasteiger partial charge is 0.322 e. The number of aromatic nitrogens is 2. The molecule has 20 heavy (non-hydrogen) atoms. The lowest BCUT2D eigenvalue weighted by Crippen LogP contribution is -2.26. The van der Waals surface area contributed by atoms with E-state index in [2.05, 4.69) is 15.3 Å². The van der Waals surface area contributed by atoms with Crippen molar-refractivity contribution in [1.82, 2.24) is 9.97 Å². The van der Waals surface area contributed by atoms with Gasteiger partial charge in [-0.1, -0.05) is 25.1 Å². The second-order valence-electron chi connectivity index (χ2n) is 4.58. The zero-order valence-electron chi connectivity index (χ0n) is 11.8. The summed E-state index contributed by atoms with van der Waals surface area (Å²) in [4.78, 5) is 30.8. The lowest BCUT2D eigenvalue weighted by atomic mass is 10.1. The Morgan fingerprint density at radius 3 is 2.65 bits per heavy atom. The minimum Gasteiger partial charge on any atom is -0.322 e. The number of amides is 1. The second kappa shape index (κ2) is 5.69. The summed E-state index contributed by atoms with van der Waals surface area (Å²) >= 11 is 0. The fraction of sp³-hybridized carbons (Fsp3) is 0.267. The van der Waals surface area contributed by atoms with Gasteiger partial charge in [-0.2, -0.15) is 0 Å². The summed E-state index contributed by atoms with van der Waals surface area (Å²) in [5.41, 5.74) is 1.81. The molecule has 0 fully saturated rings. The molecular weight excluding hydrogens is 254 g/mol. The van der Waals surface area contributed by atoms with Crippen LogP contribution in [0.3, 0.4) is 0 Å². The van der Waals surface area contributed by atoms with Gasteiger partial charge in [0, 0.05) is 5.69 Å². The Hall–Kier alpha value is -2.43. The highest BCUT2D eigenvalue weighted by atomic mass is 16.2. The third-order valence-corrected chi connectivity index (χ3v) is 3.09. The van der Waals surface area contributed by atoms with E-state index in [0.29, 0.717) is 11.5 Å². The molecule has 104 valence electrons. The van der Waals surface area contributed by atoms with E-state index in [4.69, 9.17) is 0 Å². The van der Waals surface area contributed by atoms with E-state index in [1.54, 1.807) is 13.8 Å². The fourth-order valence-corrected chi connectivity index (χ4v) is 2.13. The van der Waals surface area contributed by atoms with Crippen LogP contribution in [0.4, 0.5) is 5.69 Å². The van der Waals surface area contributed by atoms with E-state index in [1.807, 2.05) is 31.2 Å². The third kappa shape index (κ3) is 2.77. The predicted octanol–water partition coefficient (Wildman–Crippen LogP) is 2.20. The first kappa shape index (κ1) is 14.0. The van der Waals surface area contributed by atoms with Crippen molar-refractivity contribution in [2.75, 3.05) is 5.32 Å². The number of anilines is 1. The van der Waals surface area contributed by atoms with Crippen molar-refractivity contribution < 1.29 is 4.79 Å². The number of hydrogen-bond donors (Lipinski definition) is 2. The molecular formula is C15H17N3O2. The van der Waals surface area contributed by atoms with Gasteiger partial charge in [-0.15, -0.1) is 0 Å². The van der Waals surface area contributed by atoms with Gasteiger partial charge >= 0.3 is 0 Å². The summed E-state index contributed by atoms with van der Waals surface area (Å²) in [6, 6.07) is 7.53. The Kier molecular flexibility index (Phi) is 3.98. The molecule has 0 radical (unpaired) electrons. The molecule has 0 saturated carbocycles. The summed E-state index contributed by atoms with van der Waals surface area (Å²) < 4.78 is 0. The number of hydrogen-bond acceptors (Lipinski definition) is 3. The number of nitrogens with one attached hydrogen (secondary N) is 2. The smallest absolute Gasteiger partial charge is 0.264 e. The zero-order chi connectivity index (χ0) is 14.7. The summed E-state index contributed by atoms with van der Waals surface area (Å²) in [5.74, 6) is 0.0650. The number of para-hydroxylation sites is 1. The van der Waals surface area contributed by atoms with Gasteiger partial charge in [0.1, 0.15) is 11.4 Å². The predicted molar refractivity (Wildman–Crippen MR) is 78.1 cm³/mol. The molecule has 2 rings (SSSR count). The maximum Gasteiger partial charge on any atom is 0.264 e. The highest BCUT2D eigenvalue weighted by molar-refractivity contribution is 6.05. The number of carbonyl (C=O) groups is 1. The molecule has 1 amide bonds. The Labute approximate surface area is 117 Å². The van der Waals surface area contributed by atoms with Crippen molar-refractivity contribution >= 4 is 11.6 Å². The molecule has 0 aliphatic heterocycles. The lowest BCUT2D eigenvalue weighted by molar-refractivity contribution is 0.102. The maximum absolute atomic E-state index is 12.3. The number of carbonyl (C=O) groups excluding carboxylic acids is 1. The van der Waals surface area contributed by atoms with Crippen molar-refractivity contribution in [3.8, 4) is 0 Å². The molecule has 5 nitrogen and oxygen atoms in total. The molecule has 1 aromatic heterocycles.